The molecule has 0 bridgehead atoms. The Hall–Kier alpha value is -3.00. The second-order valence-electron chi connectivity index (χ2n) is 6.77. The van der Waals surface area contributed by atoms with E-state index in [4.69, 9.17) is 4.84 Å². The van der Waals surface area contributed by atoms with E-state index in [1.165, 1.54) is 24.4 Å². The van der Waals surface area contributed by atoms with Gasteiger partial charge in [-0.2, -0.15) is 0 Å². The molecule has 6 nitrogen and oxygen atoms in total. The number of carbonyl (C=O) groups is 1. The van der Waals surface area contributed by atoms with Gasteiger partial charge in [-0.3, -0.25) is 0 Å². The van der Waals surface area contributed by atoms with Crippen LogP contribution in [0.2, 0.25) is 0 Å². The summed E-state index contributed by atoms with van der Waals surface area (Å²) < 4.78 is 37.5. The Kier molecular flexibility index (Phi) is 5.83. The van der Waals surface area contributed by atoms with Crippen LogP contribution in [-0.2, 0) is 14.6 Å². The maximum Gasteiger partial charge on any atom is 0.334 e. The van der Waals surface area contributed by atoms with E-state index in [9.17, 15) is 17.6 Å². The topological polar surface area (TPSA) is 78.3 Å². The molecule has 1 aromatic heterocycles. The first-order valence-corrected chi connectivity index (χ1v) is 11.0. The standard InChI is InChI=1S/C21H21FN2O4S/c1-4-5-20(25)28-24-13-18(16-7-6-14(2)19(22)12-16)21(23-24)15-8-10-17(11-9-15)29(3,26)27/h6-13H,4-5H2,1-3H3. The second-order valence-corrected chi connectivity index (χ2v) is 8.78. The molecule has 0 fully saturated rings. The van der Waals surface area contributed by atoms with Gasteiger partial charge < -0.3 is 4.84 Å². The number of benzene rings is 2. The predicted octanol–water partition coefficient (Wildman–Crippen LogP) is 3.82. The molecule has 2 aromatic carbocycles. The van der Waals surface area contributed by atoms with Gasteiger partial charge in [-0.25, -0.2) is 17.6 Å². The summed E-state index contributed by atoms with van der Waals surface area (Å²) in [6, 6.07) is 11.0. The number of aromatic nitrogens is 2. The lowest BCUT2D eigenvalue weighted by molar-refractivity contribution is -0.145. The van der Waals surface area contributed by atoms with Crippen molar-refractivity contribution in [3.05, 3.63) is 60.0 Å². The monoisotopic (exact) mass is 416 g/mol. The number of carbonyl (C=O) groups excluding carboxylic acids is 1. The summed E-state index contributed by atoms with van der Waals surface area (Å²) in [7, 11) is -3.34. The molecule has 0 spiro atoms. The number of nitrogens with zero attached hydrogens (tertiary/aromatic N) is 2. The van der Waals surface area contributed by atoms with Gasteiger partial charge in [-0.1, -0.05) is 36.0 Å². The van der Waals surface area contributed by atoms with Gasteiger partial charge in [0.2, 0.25) is 0 Å². The molecule has 8 heteroatoms. The van der Waals surface area contributed by atoms with Crippen molar-refractivity contribution >= 4 is 15.8 Å². The smallest absolute Gasteiger partial charge is 0.319 e. The maximum atomic E-state index is 14.1. The lowest BCUT2D eigenvalue weighted by Crippen LogP contribution is -2.19. The summed E-state index contributed by atoms with van der Waals surface area (Å²) in [5.74, 6) is -0.799. The molecular weight excluding hydrogens is 395 g/mol. The van der Waals surface area contributed by atoms with Crippen molar-refractivity contribution < 1.29 is 22.4 Å². The predicted molar refractivity (Wildman–Crippen MR) is 107 cm³/mol. The van der Waals surface area contributed by atoms with Crippen molar-refractivity contribution in [1.29, 1.82) is 0 Å². The highest BCUT2D eigenvalue weighted by atomic mass is 32.2. The molecule has 0 atom stereocenters. The number of sulfone groups is 1. The Morgan fingerprint density at radius 3 is 2.38 bits per heavy atom. The molecule has 0 saturated heterocycles. The number of halogens is 1. The number of hydrogen-bond acceptors (Lipinski definition) is 5. The average Bonchev–Trinajstić information content (AvgIpc) is 3.07. The zero-order valence-electron chi connectivity index (χ0n) is 16.3. The summed E-state index contributed by atoms with van der Waals surface area (Å²) in [6.07, 6.45) is 3.52. The van der Waals surface area contributed by atoms with Crippen LogP contribution in [0.15, 0.2) is 53.6 Å². The molecule has 0 amide bonds. The van der Waals surface area contributed by atoms with Crippen molar-refractivity contribution in [3.63, 3.8) is 0 Å². The van der Waals surface area contributed by atoms with E-state index < -0.39 is 15.8 Å². The molecule has 0 N–H and O–H groups in total. The Morgan fingerprint density at radius 1 is 1.14 bits per heavy atom. The number of rotatable bonds is 6. The van der Waals surface area contributed by atoms with E-state index in [0.717, 1.165) is 11.1 Å². The van der Waals surface area contributed by atoms with E-state index in [-0.39, 0.29) is 17.1 Å². The Morgan fingerprint density at radius 2 is 1.79 bits per heavy atom. The number of hydrogen-bond donors (Lipinski definition) is 0. The first kappa shape index (κ1) is 20.7. The van der Waals surface area contributed by atoms with Gasteiger partial charge in [0, 0.05) is 23.8 Å². The highest BCUT2D eigenvalue weighted by Crippen LogP contribution is 2.32. The minimum atomic E-state index is -3.34. The van der Waals surface area contributed by atoms with Gasteiger partial charge >= 0.3 is 5.97 Å². The van der Waals surface area contributed by atoms with Crippen LogP contribution in [0.4, 0.5) is 4.39 Å². The minimum Gasteiger partial charge on any atom is -0.319 e. The molecule has 29 heavy (non-hydrogen) atoms. The molecule has 3 aromatic rings. The van der Waals surface area contributed by atoms with E-state index in [2.05, 4.69) is 5.10 Å². The Labute approximate surface area is 168 Å². The lowest BCUT2D eigenvalue weighted by atomic mass is 10.0. The zero-order valence-corrected chi connectivity index (χ0v) is 17.2. The summed E-state index contributed by atoms with van der Waals surface area (Å²) in [4.78, 5) is 18.3. The van der Waals surface area contributed by atoms with Crippen LogP contribution >= 0.6 is 0 Å². The van der Waals surface area contributed by atoms with E-state index >= 15 is 0 Å². The summed E-state index contributed by atoms with van der Waals surface area (Å²) in [5.41, 5.74) is 2.68. The minimum absolute atomic E-state index is 0.179. The Bertz CT molecular complexity index is 1150. The van der Waals surface area contributed by atoms with Crippen molar-refractivity contribution in [1.82, 2.24) is 9.94 Å². The van der Waals surface area contributed by atoms with Gasteiger partial charge in [-0.15, -0.1) is 5.10 Å². The first-order chi connectivity index (χ1) is 13.7. The highest BCUT2D eigenvalue weighted by Gasteiger charge is 2.17. The van der Waals surface area contributed by atoms with Crippen molar-refractivity contribution in [2.24, 2.45) is 0 Å². The van der Waals surface area contributed by atoms with Crippen LogP contribution < -0.4 is 4.84 Å². The molecule has 0 unspecified atom stereocenters. The fourth-order valence-electron chi connectivity index (χ4n) is 2.80. The summed E-state index contributed by atoms with van der Waals surface area (Å²) in [6.45, 7) is 3.53. The molecule has 3 rings (SSSR count). The number of aryl methyl sites for hydroxylation is 1. The molecule has 0 saturated carbocycles. The largest absolute Gasteiger partial charge is 0.334 e. The first-order valence-electron chi connectivity index (χ1n) is 9.07. The summed E-state index contributed by atoms with van der Waals surface area (Å²) >= 11 is 0. The molecule has 0 aliphatic carbocycles. The molecule has 152 valence electrons. The summed E-state index contributed by atoms with van der Waals surface area (Å²) in [5, 5.41) is 4.32. The third-order valence-corrected chi connectivity index (χ3v) is 5.51. The van der Waals surface area contributed by atoms with Crippen molar-refractivity contribution in [2.45, 2.75) is 31.6 Å². The maximum absolute atomic E-state index is 14.1. The second kappa shape index (κ2) is 8.16. The molecule has 0 radical (unpaired) electrons. The van der Waals surface area contributed by atoms with Crippen LogP contribution in [0, 0.1) is 12.7 Å². The van der Waals surface area contributed by atoms with E-state index in [1.807, 2.05) is 6.92 Å². The Balaban J connectivity index is 2.09. The van der Waals surface area contributed by atoms with Gasteiger partial charge in [0.15, 0.2) is 9.84 Å². The van der Waals surface area contributed by atoms with Crippen LogP contribution in [0.25, 0.3) is 22.4 Å². The van der Waals surface area contributed by atoms with Crippen LogP contribution in [0.1, 0.15) is 25.3 Å². The highest BCUT2D eigenvalue weighted by molar-refractivity contribution is 7.90. The third kappa shape index (κ3) is 4.71. The zero-order chi connectivity index (χ0) is 21.2. The SMILES string of the molecule is CCCC(=O)On1cc(-c2ccc(C)c(F)c2)c(-c2ccc(S(C)(=O)=O)cc2)n1. The molecule has 0 aliphatic heterocycles. The van der Waals surface area contributed by atoms with Gasteiger partial charge in [-0.05, 0) is 42.7 Å². The van der Waals surface area contributed by atoms with Crippen LogP contribution in [-0.4, -0.2) is 30.6 Å². The average molecular weight is 416 g/mol. The fraction of sp³-hybridized carbons (Fsp3) is 0.238. The van der Waals surface area contributed by atoms with E-state index in [1.54, 1.807) is 31.2 Å². The quantitative estimate of drug-likeness (QED) is 0.610. The van der Waals surface area contributed by atoms with Crippen LogP contribution in [0.5, 0.6) is 0 Å². The van der Waals surface area contributed by atoms with Gasteiger partial charge in [0.05, 0.1) is 11.1 Å². The van der Waals surface area contributed by atoms with Gasteiger partial charge in [0.1, 0.15) is 11.5 Å². The molecule has 0 aliphatic rings. The van der Waals surface area contributed by atoms with Crippen molar-refractivity contribution in [3.8, 4) is 22.4 Å². The normalized spacial score (nSPS) is 11.4. The van der Waals surface area contributed by atoms with Gasteiger partial charge in [0.25, 0.3) is 0 Å². The molecular formula is C21H21FN2O4S. The van der Waals surface area contributed by atoms with Crippen molar-refractivity contribution in [2.75, 3.05) is 6.26 Å². The van der Waals surface area contributed by atoms with Crippen LogP contribution in [0.3, 0.4) is 0 Å². The fourth-order valence-corrected chi connectivity index (χ4v) is 3.43. The third-order valence-electron chi connectivity index (χ3n) is 4.38. The van der Waals surface area contributed by atoms with E-state index in [0.29, 0.717) is 34.4 Å². The lowest BCUT2D eigenvalue weighted by Gasteiger charge is -2.05. The molecule has 1 heterocycles.